The highest BCUT2D eigenvalue weighted by atomic mass is 32.1. The minimum atomic E-state index is -0.983. The molecule has 1 aliphatic rings. The van der Waals surface area contributed by atoms with Crippen molar-refractivity contribution >= 4 is 33.2 Å². The topological polar surface area (TPSA) is 93.6 Å². The Balaban J connectivity index is 1.43. The summed E-state index contributed by atoms with van der Waals surface area (Å²) in [5, 5.41) is 16.3. The molecule has 0 spiro atoms. The maximum Gasteiger partial charge on any atom is 0.336 e. The average Bonchev–Trinajstić information content (AvgIpc) is 3.29. The fraction of sp³-hybridized carbons (Fsp3) is 0.240. The third kappa shape index (κ3) is 4.09. The Kier molecular flexibility index (Phi) is 5.60. The molecule has 2 aromatic heterocycles. The fourth-order valence-electron chi connectivity index (χ4n) is 4.02. The van der Waals surface area contributed by atoms with Gasteiger partial charge in [0.2, 0.25) is 0 Å². The number of thiophene rings is 1. The highest BCUT2D eigenvalue weighted by molar-refractivity contribution is 7.16. The van der Waals surface area contributed by atoms with Crippen LogP contribution in [-0.4, -0.2) is 40.8 Å². The number of hydrogen-bond acceptors (Lipinski definition) is 7. The van der Waals surface area contributed by atoms with Crippen LogP contribution in [0.4, 0.5) is 5.69 Å². The highest BCUT2D eigenvalue weighted by Gasteiger charge is 2.21. The summed E-state index contributed by atoms with van der Waals surface area (Å²) in [7, 11) is 0. The summed E-state index contributed by atoms with van der Waals surface area (Å²) in [6, 6.07) is 9.79. The van der Waals surface area contributed by atoms with E-state index in [-0.39, 0.29) is 5.56 Å². The van der Waals surface area contributed by atoms with E-state index in [1.807, 2.05) is 49.6 Å². The van der Waals surface area contributed by atoms with Crippen LogP contribution in [0.1, 0.15) is 27.0 Å². The first-order chi connectivity index (χ1) is 16.0. The summed E-state index contributed by atoms with van der Waals surface area (Å²) in [4.78, 5) is 22.0. The van der Waals surface area contributed by atoms with Gasteiger partial charge in [-0.15, -0.1) is 11.3 Å². The number of benzene rings is 2. The maximum absolute atomic E-state index is 12.1. The number of aromatic nitrogens is 2. The van der Waals surface area contributed by atoms with Gasteiger partial charge in [0.25, 0.3) is 0 Å². The van der Waals surface area contributed by atoms with Gasteiger partial charge in [0, 0.05) is 29.4 Å². The van der Waals surface area contributed by atoms with Gasteiger partial charge in [-0.3, -0.25) is 0 Å². The Labute approximate surface area is 195 Å². The zero-order chi connectivity index (χ0) is 22.9. The Morgan fingerprint density at radius 3 is 2.76 bits per heavy atom. The second-order valence-electron chi connectivity index (χ2n) is 7.93. The summed E-state index contributed by atoms with van der Waals surface area (Å²) in [6.07, 6.45) is 2.52. The van der Waals surface area contributed by atoms with E-state index in [0.29, 0.717) is 36.7 Å². The normalized spacial score (nSPS) is 12.7. The summed E-state index contributed by atoms with van der Waals surface area (Å²) in [5.74, 6) is 0.990. The van der Waals surface area contributed by atoms with E-state index in [1.54, 1.807) is 6.20 Å². The minimum absolute atomic E-state index is 0.237. The number of fused-ring (bicyclic) bond motifs is 2. The zero-order valence-electron chi connectivity index (χ0n) is 18.3. The number of nitrogens with zero attached hydrogens (tertiary/aromatic N) is 2. The number of hydrogen-bond donors (Lipinski definition) is 2. The van der Waals surface area contributed by atoms with Crippen molar-refractivity contribution < 1.29 is 19.4 Å². The van der Waals surface area contributed by atoms with Crippen LogP contribution in [0.15, 0.2) is 41.9 Å². The molecule has 0 fully saturated rings. The van der Waals surface area contributed by atoms with Gasteiger partial charge < -0.3 is 19.9 Å². The van der Waals surface area contributed by atoms with Crippen molar-refractivity contribution in [3.05, 3.63) is 64.2 Å². The first-order valence-electron chi connectivity index (χ1n) is 10.7. The molecule has 2 aromatic carbocycles. The second kappa shape index (κ2) is 8.71. The number of rotatable bonds is 6. The van der Waals surface area contributed by atoms with Crippen LogP contribution in [0.5, 0.6) is 11.5 Å². The van der Waals surface area contributed by atoms with Crippen molar-refractivity contribution in [1.29, 1.82) is 0 Å². The molecule has 0 aliphatic carbocycles. The number of anilines is 1. The molecule has 0 bridgehead atoms. The lowest BCUT2D eigenvalue weighted by Gasteiger charge is -2.19. The molecule has 3 heterocycles. The molecule has 0 unspecified atom stereocenters. The van der Waals surface area contributed by atoms with Crippen LogP contribution < -0.4 is 14.8 Å². The number of carboxylic acids is 1. The van der Waals surface area contributed by atoms with E-state index in [2.05, 4.69) is 15.3 Å². The number of nitrogens with one attached hydrogen (secondary N) is 1. The van der Waals surface area contributed by atoms with Gasteiger partial charge in [0.05, 0.1) is 5.56 Å². The fourth-order valence-corrected chi connectivity index (χ4v) is 4.76. The molecule has 33 heavy (non-hydrogen) atoms. The maximum atomic E-state index is 12.1. The predicted octanol–water partition coefficient (Wildman–Crippen LogP) is 5.10. The Bertz CT molecular complexity index is 1370. The lowest BCUT2D eigenvalue weighted by atomic mass is 9.95. The Morgan fingerprint density at radius 1 is 1.12 bits per heavy atom. The van der Waals surface area contributed by atoms with Crippen LogP contribution >= 0.6 is 11.3 Å². The van der Waals surface area contributed by atoms with Gasteiger partial charge in [-0.25, -0.2) is 14.8 Å². The lowest BCUT2D eigenvalue weighted by molar-refractivity contribution is 0.0697. The summed E-state index contributed by atoms with van der Waals surface area (Å²) < 4.78 is 11.3. The molecule has 1 aliphatic heterocycles. The monoisotopic (exact) mass is 461 g/mol. The summed E-state index contributed by atoms with van der Waals surface area (Å²) in [5.41, 5.74) is 4.37. The molecule has 7 nitrogen and oxygen atoms in total. The standard InChI is InChI=1S/C25H23N3O4S/c1-14-15(2)22(25(29)30)18(23-27-13-17-6-10-33-24(17)28-23)12-19(14)26-7-5-16-3-4-20-21(11-16)32-9-8-31-20/h3-4,6,10-13,26H,5,7-9H2,1-2H3,(H,29,30). The van der Waals surface area contributed by atoms with Gasteiger partial charge in [-0.05, 0) is 66.6 Å². The number of aromatic carboxylic acids is 1. The van der Waals surface area contributed by atoms with E-state index in [9.17, 15) is 9.90 Å². The van der Waals surface area contributed by atoms with E-state index in [0.717, 1.165) is 45.0 Å². The number of carbonyl (C=O) groups is 1. The van der Waals surface area contributed by atoms with Crippen LogP contribution in [0, 0.1) is 13.8 Å². The first kappa shape index (κ1) is 21.2. The SMILES string of the molecule is Cc1c(NCCc2ccc3c(c2)OCCO3)cc(-c2ncc3ccsc3n2)c(C(=O)O)c1C. The molecule has 168 valence electrons. The molecule has 4 aromatic rings. The summed E-state index contributed by atoms with van der Waals surface area (Å²) in [6.45, 7) is 5.57. The molecule has 0 amide bonds. The van der Waals surface area contributed by atoms with Gasteiger partial charge in [0.15, 0.2) is 17.3 Å². The van der Waals surface area contributed by atoms with E-state index < -0.39 is 5.97 Å². The average molecular weight is 462 g/mol. The Hall–Kier alpha value is -3.65. The van der Waals surface area contributed by atoms with Gasteiger partial charge in [0.1, 0.15) is 18.0 Å². The Morgan fingerprint density at radius 2 is 1.94 bits per heavy atom. The summed E-state index contributed by atoms with van der Waals surface area (Å²) >= 11 is 1.51. The predicted molar refractivity (Wildman–Crippen MR) is 129 cm³/mol. The van der Waals surface area contributed by atoms with Crippen molar-refractivity contribution in [1.82, 2.24) is 9.97 Å². The molecular weight excluding hydrogens is 438 g/mol. The molecule has 2 N–H and O–H groups in total. The molecule has 0 saturated carbocycles. The van der Waals surface area contributed by atoms with Crippen molar-refractivity contribution in [2.24, 2.45) is 0 Å². The zero-order valence-corrected chi connectivity index (χ0v) is 19.2. The number of ether oxygens (including phenoxy) is 2. The minimum Gasteiger partial charge on any atom is -0.486 e. The lowest BCUT2D eigenvalue weighted by Crippen LogP contribution is -2.15. The van der Waals surface area contributed by atoms with Gasteiger partial charge >= 0.3 is 5.97 Å². The van der Waals surface area contributed by atoms with Gasteiger partial charge in [-0.1, -0.05) is 6.07 Å². The van der Waals surface area contributed by atoms with Gasteiger partial charge in [-0.2, -0.15) is 0 Å². The van der Waals surface area contributed by atoms with E-state index in [4.69, 9.17) is 9.47 Å². The molecule has 0 atom stereocenters. The van der Waals surface area contributed by atoms with Crippen molar-refractivity contribution in [3.63, 3.8) is 0 Å². The molecule has 0 saturated heterocycles. The van der Waals surface area contributed by atoms with Crippen molar-refractivity contribution in [2.45, 2.75) is 20.3 Å². The van der Waals surface area contributed by atoms with Crippen molar-refractivity contribution in [3.8, 4) is 22.9 Å². The molecular formula is C25H23N3O4S. The van der Waals surface area contributed by atoms with Crippen LogP contribution in [0.2, 0.25) is 0 Å². The number of carboxylic acid groups (broad SMARTS) is 1. The third-order valence-electron chi connectivity index (χ3n) is 5.90. The largest absolute Gasteiger partial charge is 0.486 e. The molecule has 0 radical (unpaired) electrons. The second-order valence-corrected chi connectivity index (χ2v) is 8.83. The first-order valence-corrected chi connectivity index (χ1v) is 11.6. The third-order valence-corrected chi connectivity index (χ3v) is 6.72. The molecule has 8 heteroatoms. The van der Waals surface area contributed by atoms with E-state index in [1.165, 1.54) is 11.3 Å². The van der Waals surface area contributed by atoms with E-state index >= 15 is 0 Å². The quantitative estimate of drug-likeness (QED) is 0.413. The molecule has 5 rings (SSSR count). The smallest absolute Gasteiger partial charge is 0.336 e. The van der Waals surface area contributed by atoms with Crippen LogP contribution in [-0.2, 0) is 6.42 Å². The van der Waals surface area contributed by atoms with Crippen LogP contribution in [0.3, 0.4) is 0 Å². The highest BCUT2D eigenvalue weighted by Crippen LogP contribution is 2.34. The van der Waals surface area contributed by atoms with Crippen molar-refractivity contribution in [2.75, 3.05) is 25.1 Å². The van der Waals surface area contributed by atoms with Crippen LogP contribution in [0.25, 0.3) is 21.6 Å².